The highest BCUT2D eigenvalue weighted by Gasteiger charge is 2.19. The van der Waals surface area contributed by atoms with Crippen molar-refractivity contribution in [3.63, 3.8) is 0 Å². The third-order valence-electron chi connectivity index (χ3n) is 13.2. The first kappa shape index (κ1) is 71.8. The first-order chi connectivity index (χ1) is 37.5. The molecular weight excluding hydrogens is 937 g/mol. The number of carbonyl (C=O) groups is 3. The first-order valence-electron chi connectivity index (χ1n) is 31.5. The Bertz CT molecular complexity index is 1590. The fourth-order valence-electron chi connectivity index (χ4n) is 8.58. The van der Waals surface area contributed by atoms with Gasteiger partial charge in [-0.3, -0.25) is 14.4 Å². The van der Waals surface area contributed by atoms with Crippen LogP contribution in [0.2, 0.25) is 0 Å². The van der Waals surface area contributed by atoms with E-state index >= 15 is 0 Å². The summed E-state index contributed by atoms with van der Waals surface area (Å²) in [7, 11) is 0. The molecule has 0 aromatic heterocycles. The maximum atomic E-state index is 12.9. The van der Waals surface area contributed by atoms with Gasteiger partial charge in [0.15, 0.2) is 6.10 Å². The van der Waals surface area contributed by atoms with Crippen molar-refractivity contribution in [2.45, 2.75) is 290 Å². The lowest BCUT2D eigenvalue weighted by atomic mass is 10.0. The van der Waals surface area contributed by atoms with E-state index in [9.17, 15) is 14.4 Å². The van der Waals surface area contributed by atoms with Crippen LogP contribution >= 0.6 is 0 Å². The lowest BCUT2D eigenvalue weighted by Gasteiger charge is -2.18. The van der Waals surface area contributed by atoms with Crippen molar-refractivity contribution in [2.75, 3.05) is 13.2 Å². The van der Waals surface area contributed by atoms with Crippen LogP contribution in [0.25, 0.3) is 0 Å². The molecule has 6 heteroatoms. The lowest BCUT2D eigenvalue weighted by Crippen LogP contribution is -2.30. The van der Waals surface area contributed by atoms with Crippen molar-refractivity contribution in [2.24, 2.45) is 0 Å². The summed E-state index contributed by atoms with van der Waals surface area (Å²) in [4.78, 5) is 38.2. The molecule has 1 atom stereocenters. The van der Waals surface area contributed by atoms with E-state index in [0.717, 1.165) is 103 Å². The second-order valence-electron chi connectivity index (χ2n) is 20.6. The van der Waals surface area contributed by atoms with E-state index in [1.807, 2.05) is 6.08 Å². The largest absolute Gasteiger partial charge is 0.462 e. The summed E-state index contributed by atoms with van der Waals surface area (Å²) in [5, 5.41) is 0. The van der Waals surface area contributed by atoms with Crippen molar-refractivity contribution in [1.82, 2.24) is 0 Å². The highest BCUT2D eigenvalue weighted by Crippen LogP contribution is 2.16. The van der Waals surface area contributed by atoms with E-state index in [1.165, 1.54) is 135 Å². The number of carbonyl (C=O) groups excluding carboxylic acids is 3. The number of unbranched alkanes of at least 4 members (excludes halogenated alkanes) is 25. The summed E-state index contributed by atoms with van der Waals surface area (Å²) >= 11 is 0. The third-order valence-corrected chi connectivity index (χ3v) is 13.2. The van der Waals surface area contributed by atoms with Gasteiger partial charge in [-0.2, -0.15) is 0 Å². The minimum absolute atomic E-state index is 0.102. The molecule has 0 N–H and O–H groups in total. The summed E-state index contributed by atoms with van der Waals surface area (Å²) < 4.78 is 16.8. The Balaban J connectivity index is 4.32. The average molecular weight is 1050 g/mol. The van der Waals surface area contributed by atoms with Crippen molar-refractivity contribution in [3.05, 3.63) is 122 Å². The molecule has 0 aliphatic carbocycles. The summed E-state index contributed by atoms with van der Waals surface area (Å²) in [6, 6.07) is 0. The number of allylic oxidation sites excluding steroid dienone is 20. The van der Waals surface area contributed by atoms with Gasteiger partial charge in [0, 0.05) is 19.3 Å². The maximum Gasteiger partial charge on any atom is 0.306 e. The van der Waals surface area contributed by atoms with Gasteiger partial charge < -0.3 is 14.2 Å². The first-order valence-corrected chi connectivity index (χ1v) is 31.5. The second kappa shape index (κ2) is 63.3. The van der Waals surface area contributed by atoms with Crippen molar-refractivity contribution >= 4 is 17.9 Å². The van der Waals surface area contributed by atoms with Crippen LogP contribution in [0.4, 0.5) is 0 Å². The van der Waals surface area contributed by atoms with E-state index in [4.69, 9.17) is 14.2 Å². The predicted octanol–water partition coefficient (Wildman–Crippen LogP) is 21.6. The SMILES string of the molecule is CC/C=C\C/C=C\C/C=C\C/C=C\C/C=C\C/C=C\CCCCCCCCCCCCC(=O)OCC(COC(=O)CC/C=C\C/C=C\C/C=C\C/C=C\CC)OC(=O)CCCCCCCCCCCCCCCCCC. The molecule has 0 fully saturated rings. The minimum Gasteiger partial charge on any atom is -0.462 e. The van der Waals surface area contributed by atoms with Gasteiger partial charge in [-0.15, -0.1) is 0 Å². The van der Waals surface area contributed by atoms with E-state index in [0.29, 0.717) is 19.3 Å². The van der Waals surface area contributed by atoms with E-state index in [1.54, 1.807) is 0 Å². The molecule has 0 amide bonds. The predicted molar refractivity (Wildman–Crippen MR) is 330 cm³/mol. The number of rotatable bonds is 56. The van der Waals surface area contributed by atoms with Gasteiger partial charge in [-0.1, -0.05) is 290 Å². The highest BCUT2D eigenvalue weighted by molar-refractivity contribution is 5.71. The van der Waals surface area contributed by atoms with Gasteiger partial charge in [-0.25, -0.2) is 0 Å². The molecule has 0 rings (SSSR count). The smallest absolute Gasteiger partial charge is 0.306 e. The molecule has 0 aromatic rings. The van der Waals surface area contributed by atoms with Gasteiger partial charge in [0.2, 0.25) is 0 Å². The lowest BCUT2D eigenvalue weighted by molar-refractivity contribution is -0.166. The van der Waals surface area contributed by atoms with Gasteiger partial charge in [0.05, 0.1) is 0 Å². The number of esters is 3. The molecule has 1 unspecified atom stereocenters. The molecule has 0 bridgehead atoms. The van der Waals surface area contributed by atoms with Crippen molar-refractivity contribution in [3.8, 4) is 0 Å². The summed E-state index contributed by atoms with van der Waals surface area (Å²) in [6.07, 6.45) is 87.9. The summed E-state index contributed by atoms with van der Waals surface area (Å²) in [6.45, 7) is 6.36. The zero-order valence-electron chi connectivity index (χ0n) is 49.5. The molecule has 0 spiro atoms. The second-order valence-corrected chi connectivity index (χ2v) is 20.6. The van der Waals surface area contributed by atoms with Crippen LogP contribution in [0.5, 0.6) is 0 Å². The maximum absolute atomic E-state index is 12.9. The molecule has 0 aliphatic heterocycles. The van der Waals surface area contributed by atoms with Gasteiger partial charge >= 0.3 is 17.9 Å². The van der Waals surface area contributed by atoms with Crippen LogP contribution in [0, 0.1) is 0 Å². The molecule has 432 valence electrons. The Hall–Kier alpha value is -4.19. The normalized spacial score (nSPS) is 12.9. The molecule has 0 aromatic carbocycles. The number of hydrogen-bond donors (Lipinski definition) is 0. The molecule has 0 saturated carbocycles. The molecule has 0 heterocycles. The molecule has 76 heavy (non-hydrogen) atoms. The Morgan fingerprint density at radius 3 is 0.882 bits per heavy atom. The van der Waals surface area contributed by atoms with Crippen LogP contribution in [0.3, 0.4) is 0 Å². The third kappa shape index (κ3) is 60.7. The molecule has 0 radical (unpaired) electrons. The fourth-order valence-corrected chi connectivity index (χ4v) is 8.58. The quantitative estimate of drug-likeness (QED) is 0.0261. The van der Waals surface area contributed by atoms with E-state index < -0.39 is 6.10 Å². The van der Waals surface area contributed by atoms with Crippen molar-refractivity contribution < 1.29 is 28.6 Å². The summed E-state index contributed by atoms with van der Waals surface area (Å²) in [5.41, 5.74) is 0. The summed E-state index contributed by atoms with van der Waals surface area (Å²) in [5.74, 6) is -0.985. The highest BCUT2D eigenvalue weighted by atomic mass is 16.6. The fraction of sp³-hybridized carbons (Fsp3) is 0.671. The zero-order chi connectivity index (χ0) is 55.0. The van der Waals surface area contributed by atoms with E-state index in [-0.39, 0.29) is 37.5 Å². The van der Waals surface area contributed by atoms with E-state index in [2.05, 4.69) is 136 Å². The van der Waals surface area contributed by atoms with Crippen LogP contribution < -0.4 is 0 Å². The Morgan fingerprint density at radius 1 is 0.276 bits per heavy atom. The average Bonchev–Trinajstić information content (AvgIpc) is 3.42. The van der Waals surface area contributed by atoms with Crippen LogP contribution in [0.15, 0.2) is 122 Å². The van der Waals surface area contributed by atoms with Crippen molar-refractivity contribution in [1.29, 1.82) is 0 Å². The van der Waals surface area contributed by atoms with Gasteiger partial charge in [-0.05, 0) is 96.3 Å². The molecule has 6 nitrogen and oxygen atoms in total. The molecule has 0 saturated heterocycles. The number of ether oxygens (including phenoxy) is 3. The molecular formula is C70H116O6. The molecule has 0 aliphatic rings. The van der Waals surface area contributed by atoms with Crippen LogP contribution in [0.1, 0.15) is 284 Å². The zero-order valence-corrected chi connectivity index (χ0v) is 49.5. The topological polar surface area (TPSA) is 78.9 Å². The minimum atomic E-state index is -0.810. The van der Waals surface area contributed by atoms with Crippen LogP contribution in [-0.2, 0) is 28.6 Å². The van der Waals surface area contributed by atoms with Gasteiger partial charge in [0.1, 0.15) is 13.2 Å². The Morgan fingerprint density at radius 2 is 0.539 bits per heavy atom. The standard InChI is InChI=1S/C70H116O6/c1-4-7-10-13-16-19-22-25-27-29-30-31-32-33-34-35-36-37-38-39-40-41-43-45-48-51-54-57-60-63-69(72)75-66-67(65-74-68(71)62-59-56-53-50-47-44-24-21-18-15-12-9-6-3)76-70(73)64-61-58-55-52-49-46-42-28-26-23-20-17-14-11-8-5-2/h7,9-10,12,16,18-19,21,25,27,30-31,33-34,36-37,44,47,53,56,67H,4-6,8,11,13-15,17,20,22-24,26,28-29,32,35,38-43,45-46,48-52,54-55,57-66H2,1-3H3/b10-7-,12-9-,19-16-,21-18-,27-25-,31-30-,34-33-,37-36-,47-44-,56-53-. The van der Waals surface area contributed by atoms with Crippen LogP contribution in [-0.4, -0.2) is 37.2 Å². The Kier molecular flexibility index (Phi) is 59.9. The van der Waals surface area contributed by atoms with Gasteiger partial charge in [0.25, 0.3) is 0 Å². The monoisotopic (exact) mass is 1050 g/mol. The number of hydrogen-bond acceptors (Lipinski definition) is 6. The Labute approximate surface area is 469 Å².